The van der Waals surface area contributed by atoms with Crippen LogP contribution in [0.4, 0.5) is 151 Å². The predicted octanol–water partition coefficient (Wildman–Crippen LogP) is 18.2. The number of amides is 1. The Balaban J connectivity index is 0.000000128. The molecular weight excluding hydrogens is 1920 g/mol. The number of aryl methyl sites for hydroxylation is 1. The van der Waals surface area contributed by atoms with Gasteiger partial charge in [0, 0.05) is 173 Å². The standard InChI is InChI=1S/C27H23ClF3N7O.C23H23ClF3N7O.C22H23BrFN7O.C22H23ClFN7O/c1-16-6-7-21(13-32-16)35-26-33-12-18-14-38(15-37(2)24(18)36-26)23-11-20(8-9-22(23)28)34-25(39)17-4-3-5-19(10-17)27(29,30)31;1-32-14-34(17-3-4-19(24)18(10-17)23(25,26)27)13-15-11-29-22(31-21(15)32)30-16-2-5-20(28-12-16)33-6-8-35-9-7-33;1-29-14-31(19-4-2-16(23)10-18(19)24)13-15-11-26-22(28-21(15)29)27-17-3-5-20(25-12-17)30-6-8-32-9-7-30;1-29-14-31(17-3-4-19(24)18(23)10-17)13-15-11-26-22(28-21(15)29)27-16-2-5-20(25-12-16)30-6-8-32-9-7-30/h3-13H,14-15H2,1-2H3,(H,34,39)(H,33,35,36);2-5,10-12H,6-9,13-14H2,1H3,(H,29,30,31);2*2-5,10-12H,6-9,13-14H2,1H3,(H,26,27,28). The zero-order valence-electron chi connectivity index (χ0n) is 75.1. The summed E-state index contributed by atoms with van der Waals surface area (Å²) in [6.45, 7) is 15.1. The van der Waals surface area contributed by atoms with E-state index in [9.17, 15) is 39.9 Å². The SMILES string of the molecule is CN1CN(c2ccc(Br)cc2F)Cc2cnc(Nc3ccc(N4CCOCC4)nc3)nc21.CN1CN(c2ccc(Cl)c(C(F)(F)F)c2)Cc2cnc(Nc3ccc(N4CCOCC4)nc3)nc21.CN1CN(c2ccc(F)c(Cl)c2)Cc2cnc(Nc3ccc(N4CCOCC4)nc3)nc21.Cc1ccc(Nc2ncc3c(n2)N(C)CN(c2cc(NC(=O)c4cccc(C(F)(F)F)c4)ccc2Cl)C3)cn1. The van der Waals surface area contributed by atoms with E-state index in [0.29, 0.717) is 123 Å². The molecule has 0 radical (unpaired) electrons. The van der Waals surface area contributed by atoms with Crippen molar-refractivity contribution in [3.8, 4) is 0 Å². The Morgan fingerprint density at radius 2 is 0.775 bits per heavy atom. The quantitative estimate of drug-likeness (QED) is 0.0529. The topological polar surface area (TPSA) is 295 Å². The third-order valence-electron chi connectivity index (χ3n) is 23.1. The molecule has 7 aliphatic rings. The molecule has 716 valence electrons. The molecule has 44 heteroatoms. The van der Waals surface area contributed by atoms with Crippen LogP contribution in [-0.2, 0) is 52.7 Å². The van der Waals surface area contributed by atoms with Crippen LogP contribution in [0, 0.1) is 18.6 Å². The first-order chi connectivity index (χ1) is 66.5. The lowest BCUT2D eigenvalue weighted by Gasteiger charge is -2.37. The van der Waals surface area contributed by atoms with Crippen molar-refractivity contribution in [1.29, 1.82) is 0 Å². The number of aromatic nitrogens is 12. The van der Waals surface area contributed by atoms with E-state index < -0.39 is 35.2 Å². The van der Waals surface area contributed by atoms with E-state index in [1.807, 2.05) is 130 Å². The highest BCUT2D eigenvalue weighted by Gasteiger charge is 2.37. The highest BCUT2D eigenvalue weighted by Crippen LogP contribution is 2.42. The number of benzene rings is 5. The Bertz CT molecular complexity index is 6490. The summed E-state index contributed by atoms with van der Waals surface area (Å²) in [7, 11) is 7.63. The zero-order chi connectivity index (χ0) is 96.5. The smallest absolute Gasteiger partial charge is 0.378 e. The summed E-state index contributed by atoms with van der Waals surface area (Å²) in [5, 5.41) is 15.7. The van der Waals surface area contributed by atoms with Crippen LogP contribution in [0.1, 0.15) is 49.4 Å². The fourth-order valence-corrected chi connectivity index (χ4v) is 17.1. The maximum Gasteiger partial charge on any atom is 0.417 e. The zero-order valence-corrected chi connectivity index (χ0v) is 78.9. The van der Waals surface area contributed by atoms with Gasteiger partial charge in [0.1, 0.15) is 52.4 Å². The van der Waals surface area contributed by atoms with Crippen molar-refractivity contribution in [1.82, 2.24) is 59.8 Å². The minimum atomic E-state index is -4.54. The summed E-state index contributed by atoms with van der Waals surface area (Å²) < 4.78 is 124. The van der Waals surface area contributed by atoms with Gasteiger partial charge in [-0.1, -0.05) is 56.8 Å². The average Bonchev–Trinajstić information content (AvgIpc) is 0.792. The van der Waals surface area contributed by atoms with Crippen molar-refractivity contribution < 1.29 is 54.1 Å². The second kappa shape index (κ2) is 42.4. The summed E-state index contributed by atoms with van der Waals surface area (Å²) >= 11 is 21.6. The van der Waals surface area contributed by atoms with Gasteiger partial charge in [-0.3, -0.25) is 9.78 Å². The number of hydrogen-bond acceptors (Lipinski definition) is 31. The van der Waals surface area contributed by atoms with E-state index in [2.05, 4.69) is 117 Å². The Labute approximate surface area is 812 Å². The van der Waals surface area contributed by atoms with E-state index in [1.165, 1.54) is 30.3 Å². The second-order valence-electron chi connectivity index (χ2n) is 33.1. The van der Waals surface area contributed by atoms with Gasteiger partial charge in [0.2, 0.25) is 23.8 Å². The van der Waals surface area contributed by atoms with Gasteiger partial charge in [0.15, 0.2) is 0 Å². The summed E-state index contributed by atoms with van der Waals surface area (Å²) in [5.41, 5.74) is 8.68. The van der Waals surface area contributed by atoms with E-state index in [1.54, 1.807) is 85.8 Å². The lowest BCUT2D eigenvalue weighted by molar-refractivity contribution is -0.138. The van der Waals surface area contributed by atoms with E-state index in [-0.39, 0.29) is 21.4 Å². The van der Waals surface area contributed by atoms with Crippen molar-refractivity contribution in [3.63, 3.8) is 0 Å². The highest BCUT2D eigenvalue weighted by atomic mass is 79.9. The molecule has 8 aromatic heterocycles. The van der Waals surface area contributed by atoms with Crippen LogP contribution in [0.5, 0.6) is 0 Å². The number of rotatable bonds is 17. The number of alkyl halides is 6. The molecule has 5 N–H and O–H groups in total. The molecule has 0 spiro atoms. The number of hydrogen-bond donors (Lipinski definition) is 5. The number of ether oxygens (including phenoxy) is 3. The number of nitrogens with one attached hydrogen (secondary N) is 5. The van der Waals surface area contributed by atoms with Gasteiger partial charge in [-0.05, 0) is 146 Å². The minimum Gasteiger partial charge on any atom is -0.378 e. The van der Waals surface area contributed by atoms with Crippen LogP contribution in [0.2, 0.25) is 15.1 Å². The van der Waals surface area contributed by atoms with Crippen LogP contribution in [0.25, 0.3) is 0 Å². The average molecular weight is 2020 g/mol. The van der Waals surface area contributed by atoms with Crippen molar-refractivity contribution in [3.05, 3.63) is 271 Å². The largest absolute Gasteiger partial charge is 0.417 e. The van der Waals surface area contributed by atoms with Gasteiger partial charge in [-0.15, -0.1) is 0 Å². The predicted molar refractivity (Wildman–Crippen MR) is 523 cm³/mol. The maximum atomic E-state index is 14.4. The molecule has 13 aromatic rings. The van der Waals surface area contributed by atoms with Crippen molar-refractivity contribution >= 4 is 172 Å². The molecule has 3 saturated heterocycles. The number of pyridine rings is 4. The van der Waals surface area contributed by atoms with Gasteiger partial charge < -0.3 is 94.7 Å². The Morgan fingerprint density at radius 3 is 1.18 bits per heavy atom. The molecule has 138 heavy (non-hydrogen) atoms. The number of fused-ring (bicyclic) bond motifs is 4. The molecule has 0 bridgehead atoms. The highest BCUT2D eigenvalue weighted by molar-refractivity contribution is 9.10. The van der Waals surface area contributed by atoms with Gasteiger partial charge in [0.05, 0.1) is 151 Å². The number of carbonyl (C=O) groups is 1. The third-order valence-corrected chi connectivity index (χ3v) is 24.5. The van der Waals surface area contributed by atoms with Crippen LogP contribution in [0.15, 0.2) is 200 Å². The lowest BCUT2D eigenvalue weighted by atomic mass is 10.1. The molecule has 0 unspecified atom stereocenters. The summed E-state index contributed by atoms with van der Waals surface area (Å²) in [4.78, 5) is 89.3. The summed E-state index contributed by atoms with van der Waals surface area (Å²) in [6.07, 6.45) is 4.98. The van der Waals surface area contributed by atoms with Gasteiger partial charge in [-0.25, -0.2) is 43.7 Å². The first-order valence-corrected chi connectivity index (χ1v) is 45.6. The normalized spacial score (nSPS) is 15.4. The minimum absolute atomic E-state index is 0.101. The van der Waals surface area contributed by atoms with E-state index in [4.69, 9.17) is 54.0 Å². The van der Waals surface area contributed by atoms with Gasteiger partial charge in [0.25, 0.3) is 5.91 Å². The maximum absolute atomic E-state index is 14.4. The van der Waals surface area contributed by atoms with Crippen LogP contribution in [0.3, 0.4) is 0 Å². The number of halogens is 12. The number of anilines is 20. The Hall–Kier alpha value is -13.8. The lowest BCUT2D eigenvalue weighted by Crippen LogP contribution is -2.41. The molecule has 0 atom stereocenters. The summed E-state index contributed by atoms with van der Waals surface area (Å²) in [6, 6.07) is 38.6. The third kappa shape index (κ3) is 23.5. The number of carbonyl (C=O) groups excluding carboxylic acids is 1. The first-order valence-electron chi connectivity index (χ1n) is 43.7. The Morgan fingerprint density at radius 1 is 0.377 bits per heavy atom. The Kier molecular flexibility index (Phi) is 29.5. The van der Waals surface area contributed by atoms with Crippen molar-refractivity contribution in [2.24, 2.45) is 0 Å². The van der Waals surface area contributed by atoms with E-state index in [0.717, 1.165) is 180 Å². The van der Waals surface area contributed by atoms with Crippen molar-refractivity contribution in [2.45, 2.75) is 45.5 Å². The van der Waals surface area contributed by atoms with Gasteiger partial charge in [-0.2, -0.15) is 46.3 Å². The second-order valence-corrected chi connectivity index (χ2v) is 35.2. The molecule has 0 saturated carbocycles. The molecular formula is C94H92BrCl3F8N28O4. The monoisotopic (exact) mass is 2010 g/mol. The fourth-order valence-electron chi connectivity index (χ4n) is 16.2. The number of nitrogens with zero attached hydrogens (tertiary/aromatic N) is 23. The molecule has 5 aromatic carbocycles. The molecule has 20 rings (SSSR count). The van der Waals surface area contributed by atoms with Crippen molar-refractivity contribution in [2.75, 3.05) is 214 Å². The summed E-state index contributed by atoms with van der Waals surface area (Å²) in [5.74, 6) is 6.43. The first kappa shape index (κ1) is 95.9. The molecule has 32 nitrogen and oxygen atoms in total. The van der Waals surface area contributed by atoms with Crippen LogP contribution >= 0.6 is 50.7 Å². The fraction of sp³-hybridized carbons (Fsp3) is 0.287. The molecule has 7 aliphatic heterocycles. The van der Waals surface area contributed by atoms with Crippen LogP contribution in [-0.4, -0.2) is 199 Å². The molecule has 0 aliphatic carbocycles. The molecule has 1 amide bonds. The van der Waals surface area contributed by atoms with E-state index >= 15 is 0 Å². The number of morpholine rings is 3. The van der Waals surface area contributed by atoms with Gasteiger partial charge >= 0.3 is 12.4 Å². The molecule has 3 fully saturated rings. The molecule has 15 heterocycles. The van der Waals surface area contributed by atoms with Crippen LogP contribution < -0.4 is 80.5 Å².